The molecule has 0 radical (unpaired) electrons. The summed E-state index contributed by atoms with van der Waals surface area (Å²) >= 11 is 0. The second-order valence-corrected chi connectivity index (χ2v) is 7.36. The van der Waals surface area contributed by atoms with E-state index in [1.807, 2.05) is 48.3 Å². The first-order valence-electron chi connectivity index (χ1n) is 9.70. The van der Waals surface area contributed by atoms with Gasteiger partial charge in [-0.1, -0.05) is 18.2 Å². The Bertz CT molecular complexity index is 1010. The molecule has 1 unspecified atom stereocenters. The molecule has 150 valence electrons. The van der Waals surface area contributed by atoms with Crippen molar-refractivity contribution >= 4 is 5.91 Å². The molecule has 2 aromatic heterocycles. The number of rotatable bonds is 5. The molecule has 0 bridgehead atoms. The van der Waals surface area contributed by atoms with Crippen LogP contribution in [0.2, 0.25) is 0 Å². The number of nitrogens with two attached hydrogens (primary N) is 1. The highest BCUT2D eigenvalue weighted by Crippen LogP contribution is 2.25. The molecule has 7 heteroatoms. The van der Waals surface area contributed by atoms with Crippen LogP contribution in [0.1, 0.15) is 33.4 Å². The number of primary amides is 1. The maximum Gasteiger partial charge on any atom is 0.248 e. The molecule has 1 fully saturated rings. The van der Waals surface area contributed by atoms with Crippen molar-refractivity contribution in [3.8, 4) is 11.3 Å². The third kappa shape index (κ3) is 4.21. The second-order valence-electron chi connectivity index (χ2n) is 7.36. The van der Waals surface area contributed by atoms with Gasteiger partial charge in [0.15, 0.2) is 0 Å². The first kappa shape index (κ1) is 19.3. The lowest BCUT2D eigenvalue weighted by Crippen LogP contribution is -2.38. The number of carbonyl (C=O) groups is 1. The predicted octanol–water partition coefficient (Wildman–Crippen LogP) is 2.46. The highest BCUT2D eigenvalue weighted by atomic mass is 16.5. The van der Waals surface area contributed by atoms with Crippen LogP contribution in [0, 0.1) is 6.92 Å². The molecule has 0 saturated carbocycles. The summed E-state index contributed by atoms with van der Waals surface area (Å²) in [4.78, 5) is 18.5. The average Bonchev–Trinajstić information content (AvgIpc) is 3.06. The van der Waals surface area contributed by atoms with Gasteiger partial charge in [0.1, 0.15) is 6.10 Å². The van der Waals surface area contributed by atoms with Gasteiger partial charge >= 0.3 is 0 Å². The van der Waals surface area contributed by atoms with Crippen molar-refractivity contribution < 1.29 is 9.53 Å². The number of benzene rings is 1. The minimum atomic E-state index is -0.433. The number of hydrogen-bond donors (Lipinski definition) is 1. The van der Waals surface area contributed by atoms with Crippen LogP contribution in [0.4, 0.5) is 0 Å². The lowest BCUT2D eigenvalue weighted by Gasteiger charge is -2.32. The number of aryl methyl sites for hydroxylation is 1. The molecule has 0 spiro atoms. The van der Waals surface area contributed by atoms with E-state index in [4.69, 9.17) is 15.5 Å². The SMILES string of the molecule is Cc1c(CN2CCOC(c3cccc(-c4ccc(C(N)=O)cc4)n3)C2)cnn1C. The fourth-order valence-corrected chi connectivity index (χ4v) is 3.56. The molecular formula is C22H25N5O2. The van der Waals surface area contributed by atoms with Crippen LogP contribution in [-0.4, -0.2) is 45.3 Å². The van der Waals surface area contributed by atoms with Gasteiger partial charge in [0.05, 0.1) is 24.2 Å². The quantitative estimate of drug-likeness (QED) is 0.722. The third-order valence-electron chi connectivity index (χ3n) is 5.45. The smallest absolute Gasteiger partial charge is 0.248 e. The van der Waals surface area contributed by atoms with Crippen molar-refractivity contribution in [3.63, 3.8) is 0 Å². The third-order valence-corrected chi connectivity index (χ3v) is 5.45. The van der Waals surface area contributed by atoms with E-state index in [-0.39, 0.29) is 6.10 Å². The van der Waals surface area contributed by atoms with Crippen molar-refractivity contribution in [2.75, 3.05) is 19.7 Å². The second kappa shape index (κ2) is 8.14. The van der Waals surface area contributed by atoms with Crippen LogP contribution >= 0.6 is 0 Å². The zero-order valence-corrected chi connectivity index (χ0v) is 16.7. The van der Waals surface area contributed by atoms with Crippen LogP contribution in [0.15, 0.2) is 48.7 Å². The van der Waals surface area contributed by atoms with E-state index in [2.05, 4.69) is 16.9 Å². The monoisotopic (exact) mass is 391 g/mol. The summed E-state index contributed by atoms with van der Waals surface area (Å²) in [5.41, 5.74) is 10.9. The molecule has 1 aromatic carbocycles. The molecule has 2 N–H and O–H groups in total. The number of ether oxygens (including phenoxy) is 1. The maximum atomic E-state index is 11.3. The Hall–Kier alpha value is -3.03. The van der Waals surface area contributed by atoms with Crippen molar-refractivity contribution in [2.45, 2.75) is 19.6 Å². The average molecular weight is 391 g/mol. The maximum absolute atomic E-state index is 11.3. The molecule has 1 aliphatic rings. The van der Waals surface area contributed by atoms with Crippen molar-refractivity contribution in [3.05, 3.63) is 71.2 Å². The molecule has 0 aliphatic carbocycles. The molecule has 7 nitrogen and oxygen atoms in total. The van der Waals surface area contributed by atoms with Gasteiger partial charge in [-0.2, -0.15) is 5.10 Å². The Morgan fingerprint density at radius 1 is 1.24 bits per heavy atom. The summed E-state index contributed by atoms with van der Waals surface area (Å²) in [5, 5.41) is 4.34. The van der Waals surface area contributed by atoms with Crippen LogP contribution in [0.5, 0.6) is 0 Å². The van der Waals surface area contributed by atoms with Crippen LogP contribution in [-0.2, 0) is 18.3 Å². The Morgan fingerprint density at radius 3 is 2.72 bits per heavy atom. The Kier molecular flexibility index (Phi) is 5.42. The molecule has 1 saturated heterocycles. The van der Waals surface area contributed by atoms with E-state index in [9.17, 15) is 4.79 Å². The summed E-state index contributed by atoms with van der Waals surface area (Å²) in [6.07, 6.45) is 1.86. The number of amides is 1. The van der Waals surface area contributed by atoms with Crippen LogP contribution < -0.4 is 5.73 Å². The van der Waals surface area contributed by atoms with E-state index >= 15 is 0 Å². The van der Waals surface area contributed by atoms with Crippen molar-refractivity contribution in [1.82, 2.24) is 19.7 Å². The Labute approximate surface area is 170 Å². The Balaban J connectivity index is 1.50. The molecule has 4 rings (SSSR count). The number of nitrogens with zero attached hydrogens (tertiary/aromatic N) is 4. The lowest BCUT2D eigenvalue weighted by molar-refractivity contribution is -0.0350. The molecular weight excluding hydrogens is 366 g/mol. The van der Waals surface area contributed by atoms with Gasteiger partial charge in [0.25, 0.3) is 0 Å². The van der Waals surface area contributed by atoms with Gasteiger partial charge in [-0.25, -0.2) is 0 Å². The fraction of sp³-hybridized carbons (Fsp3) is 0.318. The number of aromatic nitrogens is 3. The molecule has 1 amide bonds. The predicted molar refractivity (Wildman–Crippen MR) is 110 cm³/mol. The molecule has 1 aliphatic heterocycles. The van der Waals surface area contributed by atoms with Gasteiger partial charge in [-0.3, -0.25) is 19.4 Å². The summed E-state index contributed by atoms with van der Waals surface area (Å²) in [6, 6.07) is 13.1. The van der Waals surface area contributed by atoms with E-state index in [0.717, 1.165) is 36.6 Å². The highest BCUT2D eigenvalue weighted by molar-refractivity contribution is 5.93. The summed E-state index contributed by atoms with van der Waals surface area (Å²) in [6.45, 7) is 5.29. The van der Waals surface area contributed by atoms with E-state index in [1.165, 1.54) is 11.3 Å². The van der Waals surface area contributed by atoms with Gasteiger partial charge < -0.3 is 10.5 Å². The number of morpholine rings is 1. The van der Waals surface area contributed by atoms with Crippen molar-refractivity contribution in [2.24, 2.45) is 12.8 Å². The minimum Gasteiger partial charge on any atom is -0.369 e. The first-order valence-corrected chi connectivity index (χ1v) is 9.70. The fourth-order valence-electron chi connectivity index (χ4n) is 3.56. The summed E-state index contributed by atoms with van der Waals surface area (Å²) in [5.74, 6) is -0.433. The van der Waals surface area contributed by atoms with Crippen LogP contribution in [0.3, 0.4) is 0 Å². The zero-order chi connectivity index (χ0) is 20.4. The molecule has 1 atom stereocenters. The highest BCUT2D eigenvalue weighted by Gasteiger charge is 2.24. The van der Waals surface area contributed by atoms with Gasteiger partial charge in [-0.05, 0) is 31.2 Å². The summed E-state index contributed by atoms with van der Waals surface area (Å²) < 4.78 is 7.93. The van der Waals surface area contributed by atoms with E-state index < -0.39 is 5.91 Å². The topological polar surface area (TPSA) is 86.3 Å². The minimum absolute atomic E-state index is 0.0782. The molecule has 3 heterocycles. The number of hydrogen-bond acceptors (Lipinski definition) is 5. The Morgan fingerprint density at radius 2 is 2.03 bits per heavy atom. The first-order chi connectivity index (χ1) is 14.0. The van der Waals surface area contributed by atoms with Crippen molar-refractivity contribution in [1.29, 1.82) is 0 Å². The van der Waals surface area contributed by atoms with Gasteiger partial charge in [0.2, 0.25) is 5.91 Å². The van der Waals surface area contributed by atoms with E-state index in [1.54, 1.807) is 12.1 Å². The standard InChI is InChI=1S/C22H25N5O2/c1-15-18(12-24-26(15)2)13-27-10-11-29-21(14-27)20-5-3-4-19(25-20)16-6-8-17(9-7-16)22(23)28/h3-9,12,21H,10-11,13-14H2,1-2H3,(H2,23,28). The normalized spacial score (nSPS) is 17.4. The van der Waals surface area contributed by atoms with Gasteiger partial charge in [-0.15, -0.1) is 0 Å². The molecule has 29 heavy (non-hydrogen) atoms. The molecule has 3 aromatic rings. The van der Waals surface area contributed by atoms with E-state index in [0.29, 0.717) is 12.2 Å². The lowest BCUT2D eigenvalue weighted by atomic mass is 10.1. The van der Waals surface area contributed by atoms with Gasteiger partial charge in [0, 0.05) is 49.1 Å². The largest absolute Gasteiger partial charge is 0.369 e. The number of pyridine rings is 1. The van der Waals surface area contributed by atoms with Crippen LogP contribution in [0.25, 0.3) is 11.3 Å². The number of carbonyl (C=O) groups excluding carboxylic acids is 1. The zero-order valence-electron chi connectivity index (χ0n) is 16.7. The summed E-state index contributed by atoms with van der Waals surface area (Å²) in [7, 11) is 1.96.